The minimum absolute atomic E-state index is 0.0219. The molecule has 1 aliphatic rings. The van der Waals surface area contributed by atoms with E-state index in [0.29, 0.717) is 0 Å². The van der Waals surface area contributed by atoms with Crippen molar-refractivity contribution in [1.82, 2.24) is 19.8 Å². The Morgan fingerprint density at radius 2 is 1.80 bits per heavy atom. The van der Waals surface area contributed by atoms with Gasteiger partial charge in [-0.2, -0.15) is 0 Å². The van der Waals surface area contributed by atoms with E-state index in [2.05, 4.69) is 91.6 Å². The first-order valence-corrected chi connectivity index (χ1v) is 11.0. The number of pyridine rings is 1. The minimum Gasteiger partial charge on any atom is -0.352 e. The summed E-state index contributed by atoms with van der Waals surface area (Å²) in [6.07, 6.45) is 1.86. The maximum absolute atomic E-state index is 5.77. The number of nitrogens with one attached hydrogen (secondary N) is 1. The summed E-state index contributed by atoms with van der Waals surface area (Å²) in [5.41, 5.74) is 8.67. The molecule has 1 saturated heterocycles. The molecular formula is C25H30N4S. The molecule has 0 bridgehead atoms. The molecule has 4 nitrogen and oxygen atoms in total. The van der Waals surface area contributed by atoms with Gasteiger partial charge in [0.1, 0.15) is 0 Å². The highest BCUT2D eigenvalue weighted by Crippen LogP contribution is 2.42. The Balaban J connectivity index is 1.88. The quantitative estimate of drug-likeness (QED) is 0.568. The Kier molecular flexibility index (Phi) is 5.41. The number of aromatic nitrogens is 2. The molecule has 2 aromatic heterocycles. The van der Waals surface area contributed by atoms with Crippen LogP contribution in [0.25, 0.3) is 5.69 Å². The molecule has 3 heterocycles. The van der Waals surface area contributed by atoms with Crippen LogP contribution in [0.15, 0.2) is 48.7 Å². The summed E-state index contributed by atoms with van der Waals surface area (Å²) < 4.78 is 2.38. The summed E-state index contributed by atoms with van der Waals surface area (Å²) in [6.45, 7) is 13.2. The number of thiocarbonyl (C=S) groups is 1. The average molecular weight is 419 g/mol. The van der Waals surface area contributed by atoms with E-state index < -0.39 is 0 Å². The van der Waals surface area contributed by atoms with Gasteiger partial charge in [-0.3, -0.25) is 4.98 Å². The summed E-state index contributed by atoms with van der Waals surface area (Å²) in [6, 6.07) is 15.3. The van der Waals surface area contributed by atoms with Gasteiger partial charge in [0, 0.05) is 29.3 Å². The van der Waals surface area contributed by atoms with Gasteiger partial charge in [-0.05, 0) is 94.7 Å². The van der Waals surface area contributed by atoms with Gasteiger partial charge in [0.05, 0.1) is 17.8 Å². The highest BCUT2D eigenvalue weighted by Gasteiger charge is 2.42. The van der Waals surface area contributed by atoms with Crippen LogP contribution in [0, 0.1) is 27.7 Å². The van der Waals surface area contributed by atoms with E-state index in [4.69, 9.17) is 12.2 Å². The number of hydrogen-bond donors (Lipinski definition) is 1. The van der Waals surface area contributed by atoms with E-state index >= 15 is 0 Å². The molecule has 4 rings (SSSR count). The second-order valence-electron chi connectivity index (χ2n) is 8.51. The van der Waals surface area contributed by atoms with E-state index in [1.54, 1.807) is 0 Å². The molecule has 1 fully saturated rings. The fourth-order valence-corrected chi connectivity index (χ4v) is 5.14. The SMILES string of the molecule is Cc1cccc(-n2c(C)cc([C@H]3[C@@H](c4ccccn4)NC(=S)N3C(C)C)c2C)c1C. The van der Waals surface area contributed by atoms with Crippen molar-refractivity contribution in [3.8, 4) is 5.69 Å². The van der Waals surface area contributed by atoms with Gasteiger partial charge >= 0.3 is 0 Å². The minimum atomic E-state index is 0.0219. The third-order valence-corrected chi connectivity index (χ3v) is 6.63. The lowest BCUT2D eigenvalue weighted by molar-refractivity contribution is 0.269. The standard InChI is InChI=1S/C25H30N4S/c1-15(2)28-24(23(27-25(28)30)21-11-7-8-13-26-21)20-14-17(4)29(19(20)6)22-12-9-10-16(3)18(22)5/h7-15,23-24H,1-6H3,(H,27,30)/t23-,24+/m1/s1. The van der Waals surface area contributed by atoms with Crippen molar-refractivity contribution in [2.45, 2.75) is 59.7 Å². The Bertz CT molecular complexity index is 1080. The van der Waals surface area contributed by atoms with Gasteiger partial charge in [-0.15, -0.1) is 0 Å². The molecule has 30 heavy (non-hydrogen) atoms. The molecule has 5 heteroatoms. The van der Waals surface area contributed by atoms with Crippen LogP contribution in [-0.2, 0) is 0 Å². The summed E-state index contributed by atoms with van der Waals surface area (Å²) in [4.78, 5) is 6.98. The maximum Gasteiger partial charge on any atom is 0.170 e. The zero-order valence-electron chi connectivity index (χ0n) is 18.6. The molecule has 0 aliphatic carbocycles. The summed E-state index contributed by atoms with van der Waals surface area (Å²) >= 11 is 5.77. The Morgan fingerprint density at radius 3 is 2.47 bits per heavy atom. The lowest BCUT2D eigenvalue weighted by Gasteiger charge is -2.31. The van der Waals surface area contributed by atoms with Crippen molar-refractivity contribution < 1.29 is 0 Å². The summed E-state index contributed by atoms with van der Waals surface area (Å²) in [7, 11) is 0. The van der Waals surface area contributed by atoms with E-state index in [-0.39, 0.29) is 18.1 Å². The highest BCUT2D eigenvalue weighted by molar-refractivity contribution is 7.80. The first-order valence-electron chi connectivity index (χ1n) is 10.6. The molecule has 1 aliphatic heterocycles. The van der Waals surface area contributed by atoms with Crippen molar-refractivity contribution in [1.29, 1.82) is 0 Å². The molecule has 0 saturated carbocycles. The third kappa shape index (κ3) is 3.31. The topological polar surface area (TPSA) is 33.1 Å². The van der Waals surface area contributed by atoms with E-state index in [1.807, 2.05) is 18.3 Å². The molecule has 156 valence electrons. The summed E-state index contributed by atoms with van der Waals surface area (Å²) in [5.74, 6) is 0. The van der Waals surface area contributed by atoms with Crippen LogP contribution in [0.4, 0.5) is 0 Å². The second kappa shape index (κ2) is 7.88. The molecular weight excluding hydrogens is 388 g/mol. The Morgan fingerprint density at radius 1 is 1.03 bits per heavy atom. The highest BCUT2D eigenvalue weighted by atomic mass is 32.1. The van der Waals surface area contributed by atoms with Gasteiger partial charge in [0.2, 0.25) is 0 Å². The molecule has 1 aromatic carbocycles. The van der Waals surface area contributed by atoms with Crippen molar-refractivity contribution in [3.63, 3.8) is 0 Å². The van der Waals surface area contributed by atoms with Gasteiger partial charge < -0.3 is 14.8 Å². The van der Waals surface area contributed by atoms with Crippen LogP contribution in [0.1, 0.15) is 59.7 Å². The van der Waals surface area contributed by atoms with Gasteiger partial charge in [0.25, 0.3) is 0 Å². The number of aryl methyl sites for hydroxylation is 2. The van der Waals surface area contributed by atoms with Crippen LogP contribution >= 0.6 is 12.2 Å². The van der Waals surface area contributed by atoms with Crippen LogP contribution < -0.4 is 5.32 Å². The lowest BCUT2D eigenvalue weighted by Crippen LogP contribution is -2.35. The molecule has 0 radical (unpaired) electrons. The molecule has 0 spiro atoms. The van der Waals surface area contributed by atoms with Gasteiger partial charge in [0.15, 0.2) is 5.11 Å². The largest absolute Gasteiger partial charge is 0.352 e. The molecule has 3 aromatic rings. The van der Waals surface area contributed by atoms with Crippen LogP contribution in [0.2, 0.25) is 0 Å². The lowest BCUT2D eigenvalue weighted by atomic mass is 9.96. The number of nitrogens with zero attached hydrogens (tertiary/aromatic N) is 3. The zero-order valence-corrected chi connectivity index (χ0v) is 19.4. The molecule has 0 amide bonds. The first-order chi connectivity index (χ1) is 14.3. The van der Waals surface area contributed by atoms with E-state index in [1.165, 1.54) is 33.8 Å². The normalized spacial score (nSPS) is 18.9. The first kappa shape index (κ1) is 20.6. The molecule has 2 atom stereocenters. The van der Waals surface area contributed by atoms with Crippen molar-refractivity contribution in [3.05, 3.63) is 82.4 Å². The predicted molar refractivity (Wildman–Crippen MR) is 127 cm³/mol. The predicted octanol–water partition coefficient (Wildman–Crippen LogP) is 5.49. The van der Waals surface area contributed by atoms with Crippen molar-refractivity contribution in [2.75, 3.05) is 0 Å². The zero-order chi connectivity index (χ0) is 21.6. The Labute approximate surface area is 184 Å². The van der Waals surface area contributed by atoms with Gasteiger partial charge in [-0.1, -0.05) is 18.2 Å². The van der Waals surface area contributed by atoms with Crippen molar-refractivity contribution in [2.24, 2.45) is 0 Å². The van der Waals surface area contributed by atoms with Crippen molar-refractivity contribution >= 4 is 17.3 Å². The number of benzene rings is 1. The van der Waals surface area contributed by atoms with E-state index in [0.717, 1.165) is 10.8 Å². The smallest absolute Gasteiger partial charge is 0.170 e. The molecule has 0 unspecified atom stereocenters. The van der Waals surface area contributed by atoms with Crippen LogP contribution in [0.3, 0.4) is 0 Å². The van der Waals surface area contributed by atoms with Crippen LogP contribution in [-0.4, -0.2) is 25.6 Å². The van der Waals surface area contributed by atoms with Gasteiger partial charge in [-0.25, -0.2) is 0 Å². The molecule has 1 N–H and O–H groups in total. The fourth-order valence-electron chi connectivity index (χ4n) is 4.69. The maximum atomic E-state index is 5.77. The number of rotatable bonds is 4. The van der Waals surface area contributed by atoms with E-state index in [9.17, 15) is 0 Å². The van der Waals surface area contributed by atoms with Crippen LogP contribution in [0.5, 0.6) is 0 Å². The third-order valence-electron chi connectivity index (χ3n) is 6.30. The fraction of sp³-hybridized carbons (Fsp3) is 0.360. The monoisotopic (exact) mass is 418 g/mol. The average Bonchev–Trinajstić information content (AvgIpc) is 3.21. The second-order valence-corrected chi connectivity index (χ2v) is 8.90. The Hall–Kier alpha value is -2.66. The summed E-state index contributed by atoms with van der Waals surface area (Å²) in [5, 5.41) is 4.35. The number of hydrogen-bond acceptors (Lipinski definition) is 2.